The zero-order chi connectivity index (χ0) is 57.5. The molecule has 0 aliphatic heterocycles. The van der Waals surface area contributed by atoms with Crippen molar-refractivity contribution in [2.24, 2.45) is 21.7 Å². The van der Waals surface area contributed by atoms with Gasteiger partial charge in [0.05, 0.1) is 27.9 Å². The van der Waals surface area contributed by atoms with Crippen molar-refractivity contribution in [1.29, 1.82) is 0 Å². The number of hydrogen-bond donors (Lipinski definition) is 7. The Labute approximate surface area is 499 Å². The molecule has 0 saturated heterocycles. The Balaban J connectivity index is 0.000000290. The minimum absolute atomic E-state index is 0. The summed E-state index contributed by atoms with van der Waals surface area (Å²) < 4.78 is 0. The van der Waals surface area contributed by atoms with Crippen molar-refractivity contribution in [3.8, 4) is 0 Å². The van der Waals surface area contributed by atoms with Gasteiger partial charge in [-0.15, -0.1) is 29.9 Å². The molecule has 2 aromatic heterocycles. The average Bonchev–Trinajstić information content (AvgIpc) is 3.52. The molecule has 0 saturated carbocycles. The lowest BCUT2D eigenvalue weighted by Crippen LogP contribution is -3.00. The molecule has 7 aromatic carbocycles. The van der Waals surface area contributed by atoms with Gasteiger partial charge in [0, 0.05) is 114 Å². The van der Waals surface area contributed by atoms with E-state index < -0.39 is 5.97 Å². The van der Waals surface area contributed by atoms with Gasteiger partial charge in [0.25, 0.3) is 11.8 Å². The van der Waals surface area contributed by atoms with Gasteiger partial charge in [0.1, 0.15) is 0 Å². The van der Waals surface area contributed by atoms with Crippen LogP contribution in [0.3, 0.4) is 0 Å². The Kier molecular flexibility index (Phi) is 24.2. The molecule has 0 radical (unpaired) electrons. The predicted octanol–water partition coefficient (Wildman–Crippen LogP) is 8.65. The molecule has 2 amide bonds. The summed E-state index contributed by atoms with van der Waals surface area (Å²) in [5.41, 5.74) is 23.3. The number of carboxylic acids is 1. The van der Waals surface area contributed by atoms with Gasteiger partial charge in [-0.25, -0.2) is 9.78 Å². The number of benzene rings is 7. The number of aromatic carboxylic acids is 1. The molecule has 21 heteroatoms. The van der Waals surface area contributed by atoms with Crippen LogP contribution in [0.4, 0.5) is 45.5 Å². The fraction of sp³-hybridized carbons (Fsp3) is 0.113. The molecule has 0 unspecified atom stereocenters. The predicted molar refractivity (Wildman–Crippen MR) is 335 cm³/mol. The normalized spacial score (nSPS) is 10.3. The number of nitrogens with two attached hydrogens (primary N) is 2. The van der Waals surface area contributed by atoms with Gasteiger partial charge in [0.15, 0.2) is 17.8 Å². The number of aromatic nitrogens is 2. The van der Waals surface area contributed by atoms with E-state index in [1.165, 1.54) is 26.0 Å². The number of hydrogen-bond acceptors (Lipinski definition) is 12. The van der Waals surface area contributed by atoms with Crippen LogP contribution >= 0.6 is 24.8 Å². The van der Waals surface area contributed by atoms with Gasteiger partial charge >= 0.3 is 5.97 Å². The lowest BCUT2D eigenvalue weighted by molar-refractivity contribution is -0.344. The highest BCUT2D eigenvalue weighted by Crippen LogP contribution is 2.30. The molecule has 0 spiro atoms. The molecular formula is C62H63Cl3N12O6. The molecule has 0 aliphatic carbocycles. The number of nitrogens with one attached hydrogen (secondary N) is 5. The molecule has 0 bridgehead atoms. The number of carboxylic acid groups (broad SMARTS) is 1. The van der Waals surface area contributed by atoms with E-state index in [2.05, 4.69) is 75.5 Å². The van der Waals surface area contributed by atoms with E-state index in [1.807, 2.05) is 113 Å². The van der Waals surface area contributed by atoms with Crippen molar-refractivity contribution < 1.29 is 46.5 Å². The van der Waals surface area contributed by atoms with Gasteiger partial charge in [-0.2, -0.15) is 5.10 Å². The second-order valence-corrected chi connectivity index (χ2v) is 18.7. The number of amides is 2. The largest absolute Gasteiger partial charge is 1.00 e. The summed E-state index contributed by atoms with van der Waals surface area (Å²) in [5.74, 6) is -1.83. The monoisotopic (exact) mass is 1180 g/mol. The summed E-state index contributed by atoms with van der Waals surface area (Å²) in [6.45, 7) is 4.65. The molecular weight excluding hydrogens is 1120 g/mol. The zero-order valence-corrected chi connectivity index (χ0v) is 48.8. The molecule has 0 aliphatic rings. The zero-order valence-electron chi connectivity index (χ0n) is 46.4. The van der Waals surface area contributed by atoms with Crippen molar-refractivity contribution in [3.63, 3.8) is 0 Å². The third-order valence-electron chi connectivity index (χ3n) is 12.3. The number of fused-ring (bicyclic) bond motifs is 2. The Morgan fingerprint density at radius 1 is 0.506 bits per heavy atom. The van der Waals surface area contributed by atoms with Crippen LogP contribution < -0.4 is 59.9 Å². The lowest BCUT2D eigenvalue weighted by atomic mass is 10.1. The van der Waals surface area contributed by atoms with Crippen molar-refractivity contribution in [2.45, 2.75) is 20.8 Å². The van der Waals surface area contributed by atoms with E-state index in [4.69, 9.17) is 16.6 Å². The second kappa shape index (κ2) is 30.6. The summed E-state index contributed by atoms with van der Waals surface area (Å²) >= 11 is 0. The average molecular weight is 1180 g/mol. The van der Waals surface area contributed by atoms with Crippen molar-refractivity contribution >= 4 is 133 Å². The maximum atomic E-state index is 12.8. The first-order valence-electron chi connectivity index (χ1n) is 25.1. The van der Waals surface area contributed by atoms with E-state index >= 15 is 0 Å². The highest BCUT2D eigenvalue weighted by Gasteiger charge is 2.13. The molecule has 9 rings (SSSR count). The molecule has 83 heavy (non-hydrogen) atoms. The standard InChI is InChI=1S/C27H28N8O.C26H24N4O2.C9H8O3.3ClH/c1-17(33-34-27(28)29)18-5-4-6-19(15-18)26(36)32-21-9-7-20(8-10-21)31-25-13-14-30-24-12-11-22(35(2)3)16-23(24)25;1-17(31)18-5-4-6-19(15-18)26(32)29-21-9-7-20(8-10-21)28-25-13-14-27-24-12-11-22(30(2)3)16-23(24)25;1-6(10)7-3-2-4-8(5-7)9(11)12;;;/h4-16H,1-3H3,(H,30,31)(H,32,36)(H4,28,29,34);4-16H,1-3H3,(H,27,28)(H,29,32);2-5H,1H3,(H,11,12);3*1H/b33-17+;;;;;. The number of H-pyrrole nitrogens is 1. The lowest BCUT2D eigenvalue weighted by Gasteiger charge is -2.15. The van der Waals surface area contributed by atoms with E-state index in [0.29, 0.717) is 39.3 Å². The van der Waals surface area contributed by atoms with Crippen LogP contribution in [-0.2, 0) is 0 Å². The molecule has 2 heterocycles. The molecule has 10 N–H and O–H groups in total. The molecule has 428 valence electrons. The minimum atomic E-state index is -1.02. The summed E-state index contributed by atoms with van der Waals surface area (Å²) in [6, 6.07) is 51.2. The number of aromatic amines is 1. The summed E-state index contributed by atoms with van der Waals surface area (Å²) in [5, 5.41) is 31.0. The van der Waals surface area contributed by atoms with E-state index in [0.717, 1.165) is 61.5 Å². The topological polar surface area (TPSA) is 264 Å². The first-order valence-corrected chi connectivity index (χ1v) is 25.1. The van der Waals surface area contributed by atoms with Crippen molar-refractivity contribution in [3.05, 3.63) is 216 Å². The van der Waals surface area contributed by atoms with Crippen LogP contribution in [0, 0.1) is 0 Å². The van der Waals surface area contributed by atoms with Crippen molar-refractivity contribution in [1.82, 2.24) is 4.98 Å². The smallest absolute Gasteiger partial charge is 0.335 e. The Morgan fingerprint density at radius 2 is 0.940 bits per heavy atom. The van der Waals surface area contributed by atoms with Gasteiger partial charge in [-0.3, -0.25) is 24.2 Å². The fourth-order valence-corrected chi connectivity index (χ4v) is 7.91. The van der Waals surface area contributed by atoms with Gasteiger partial charge in [-0.05, 0) is 148 Å². The number of guanidine groups is 1. The number of ketones is 2. The number of nitrogens with zero attached hydrogens (tertiary/aromatic N) is 5. The minimum Gasteiger partial charge on any atom is -1.00 e. The molecule has 0 atom stereocenters. The van der Waals surface area contributed by atoms with Gasteiger partial charge < -0.3 is 60.0 Å². The number of anilines is 8. The molecule has 18 nitrogen and oxygen atoms in total. The van der Waals surface area contributed by atoms with Gasteiger partial charge in [-0.1, -0.05) is 36.4 Å². The number of carbonyl (C=O) groups excluding carboxylic acids is 4. The van der Waals surface area contributed by atoms with Gasteiger partial charge in [0.2, 0.25) is 11.5 Å². The Hall–Kier alpha value is -9.88. The second-order valence-electron chi connectivity index (χ2n) is 18.7. The number of rotatable bonds is 15. The quantitative estimate of drug-likeness (QED) is 0.0220. The van der Waals surface area contributed by atoms with Crippen LogP contribution in [0.15, 0.2) is 192 Å². The summed E-state index contributed by atoms with van der Waals surface area (Å²) in [7, 11) is 8.05. The first-order chi connectivity index (χ1) is 38.3. The first kappa shape index (κ1) is 65.6. The third kappa shape index (κ3) is 18.3. The number of carbonyl (C=O) groups is 5. The van der Waals surface area contributed by atoms with Crippen molar-refractivity contribution in [2.75, 3.05) is 59.3 Å². The highest BCUT2D eigenvalue weighted by molar-refractivity contribution is 6.08. The maximum Gasteiger partial charge on any atom is 0.335 e. The van der Waals surface area contributed by atoms with E-state index in [9.17, 15) is 24.0 Å². The molecule has 9 aromatic rings. The Morgan fingerprint density at radius 3 is 1.43 bits per heavy atom. The molecule has 0 fully saturated rings. The van der Waals surface area contributed by atoms with E-state index in [-0.39, 0.29) is 72.1 Å². The summed E-state index contributed by atoms with van der Waals surface area (Å²) in [6.07, 6.45) is 3.69. The number of pyridine rings is 2. The summed E-state index contributed by atoms with van der Waals surface area (Å²) in [4.78, 5) is 70.1. The fourth-order valence-electron chi connectivity index (χ4n) is 7.91. The van der Waals surface area contributed by atoms with Crippen LogP contribution in [-0.4, -0.2) is 79.3 Å². The SMILES string of the molecule is C/C(=N\N=C(N)N)c1cccc(C(=O)Nc2ccc(Nc3ccnc4ccc(N(C)C)cc34)cc2)c1.CC(=O)c1cccc(C(=O)Nc2ccc(Nc3cc[nH+]c4ccc(N(C)C)cc34)cc2)c1.CC(=O)c1cccc(C(=O)O)c1.Cl.Cl.[Cl-]. The number of Topliss-reactive ketones (excluding diaryl/α,β-unsaturated/α-hetero) is 2. The maximum absolute atomic E-state index is 12.8. The third-order valence-corrected chi connectivity index (χ3v) is 12.3. The van der Waals surface area contributed by atoms with Crippen LogP contribution in [0.25, 0.3) is 21.8 Å². The van der Waals surface area contributed by atoms with Crippen LogP contribution in [0.1, 0.15) is 78.1 Å². The van der Waals surface area contributed by atoms with E-state index in [1.54, 1.807) is 67.7 Å². The number of halogens is 3. The Bertz CT molecular complexity index is 3790. The highest BCUT2D eigenvalue weighted by atomic mass is 35.5. The van der Waals surface area contributed by atoms with Crippen LogP contribution in [0.5, 0.6) is 0 Å². The van der Waals surface area contributed by atoms with Crippen LogP contribution in [0.2, 0.25) is 0 Å².